The van der Waals surface area contributed by atoms with Crippen molar-refractivity contribution in [3.63, 3.8) is 0 Å². The summed E-state index contributed by atoms with van der Waals surface area (Å²) in [5.41, 5.74) is 3.59. The first-order valence-corrected chi connectivity index (χ1v) is 11.0. The summed E-state index contributed by atoms with van der Waals surface area (Å²) in [7, 11) is 0. The molecule has 1 aromatic heterocycles. The van der Waals surface area contributed by atoms with Gasteiger partial charge in [-0.15, -0.1) is 24.0 Å². The second-order valence-electron chi connectivity index (χ2n) is 7.83. The van der Waals surface area contributed by atoms with E-state index in [1.54, 1.807) is 0 Å². The molecular weight excluding hydrogens is 497 g/mol. The first-order chi connectivity index (χ1) is 14.7. The van der Waals surface area contributed by atoms with Crippen LogP contribution in [0.3, 0.4) is 0 Å². The highest BCUT2D eigenvalue weighted by atomic mass is 127. The molecule has 5 nitrogen and oxygen atoms in total. The lowest BCUT2D eigenvalue weighted by molar-refractivity contribution is 0.685. The minimum atomic E-state index is 0. The van der Waals surface area contributed by atoms with Crippen LogP contribution in [0.1, 0.15) is 44.0 Å². The number of anilines is 1. The van der Waals surface area contributed by atoms with E-state index in [0.29, 0.717) is 6.54 Å². The number of hydrogen-bond donors (Lipinski definition) is 2. The lowest BCUT2D eigenvalue weighted by Gasteiger charge is -2.22. The molecule has 2 N–H and O–H groups in total. The zero-order chi connectivity index (χ0) is 20.8. The fourth-order valence-electron chi connectivity index (χ4n) is 4.04. The highest BCUT2D eigenvalue weighted by molar-refractivity contribution is 14.0. The predicted octanol–water partition coefficient (Wildman–Crippen LogP) is 5.27. The van der Waals surface area contributed by atoms with Crippen LogP contribution in [0.4, 0.5) is 5.69 Å². The summed E-state index contributed by atoms with van der Waals surface area (Å²) in [4.78, 5) is 11.9. The van der Waals surface area contributed by atoms with Crippen LogP contribution >= 0.6 is 24.0 Å². The Hall–Kier alpha value is -2.35. The molecule has 4 rings (SSSR count). The van der Waals surface area contributed by atoms with E-state index in [4.69, 9.17) is 4.99 Å². The molecule has 1 saturated heterocycles. The molecule has 0 bridgehead atoms. The van der Waals surface area contributed by atoms with Crippen molar-refractivity contribution in [1.29, 1.82) is 0 Å². The number of hydrogen-bond acceptors (Lipinski definition) is 3. The third-order valence-electron chi connectivity index (χ3n) is 5.68. The van der Waals surface area contributed by atoms with Gasteiger partial charge in [-0.3, -0.25) is 4.98 Å². The van der Waals surface area contributed by atoms with Gasteiger partial charge < -0.3 is 15.5 Å². The topological polar surface area (TPSA) is 52.6 Å². The minimum Gasteiger partial charge on any atom is -0.372 e. The zero-order valence-corrected chi connectivity index (χ0v) is 20.7. The summed E-state index contributed by atoms with van der Waals surface area (Å²) >= 11 is 0. The summed E-state index contributed by atoms with van der Waals surface area (Å²) in [6.45, 7) is 7.95. The Morgan fingerprint density at radius 3 is 2.71 bits per heavy atom. The van der Waals surface area contributed by atoms with E-state index in [2.05, 4.69) is 82.9 Å². The second kappa shape index (κ2) is 11.3. The van der Waals surface area contributed by atoms with Crippen LogP contribution in [0, 0.1) is 0 Å². The van der Waals surface area contributed by atoms with E-state index in [9.17, 15) is 0 Å². The van der Waals surface area contributed by atoms with E-state index in [1.807, 2.05) is 12.3 Å². The Morgan fingerprint density at radius 1 is 1.10 bits per heavy atom. The molecule has 1 unspecified atom stereocenters. The van der Waals surface area contributed by atoms with Crippen molar-refractivity contribution in [2.24, 2.45) is 4.99 Å². The standard InChI is InChI=1S/C25H31N5.HI/c1-3-26-25(28-18-24-23-12-5-4-9-20(23)13-14-27-24)29-19(2)21-10-8-11-22(17-21)30-15-6-7-16-30;/h4-5,8-14,17,19H,3,6-7,15-16,18H2,1-2H3,(H2,26,28,29);1H. The molecular formula is C25H32IN5. The Bertz CT molecular complexity index is 1010. The molecule has 6 heteroatoms. The average molecular weight is 529 g/mol. The maximum Gasteiger partial charge on any atom is 0.192 e. The average Bonchev–Trinajstić information content (AvgIpc) is 3.33. The van der Waals surface area contributed by atoms with Gasteiger partial charge in [0.15, 0.2) is 5.96 Å². The first kappa shape index (κ1) is 23.3. The fraction of sp³-hybridized carbons (Fsp3) is 0.360. The van der Waals surface area contributed by atoms with Gasteiger partial charge in [0.2, 0.25) is 0 Å². The number of rotatable bonds is 6. The van der Waals surface area contributed by atoms with Crippen LogP contribution in [0.2, 0.25) is 0 Å². The van der Waals surface area contributed by atoms with Crippen molar-refractivity contribution < 1.29 is 0 Å². The molecule has 0 saturated carbocycles. The number of nitrogens with zero attached hydrogens (tertiary/aromatic N) is 3. The summed E-state index contributed by atoms with van der Waals surface area (Å²) < 4.78 is 0. The molecule has 0 amide bonds. The normalized spacial score (nSPS) is 14.9. The molecule has 0 aliphatic carbocycles. The quantitative estimate of drug-likeness (QED) is 0.260. The summed E-state index contributed by atoms with van der Waals surface area (Å²) in [5.74, 6) is 0.811. The van der Waals surface area contributed by atoms with Crippen LogP contribution in [0.5, 0.6) is 0 Å². The Kier molecular flexibility index (Phi) is 8.51. The third-order valence-corrected chi connectivity index (χ3v) is 5.68. The van der Waals surface area contributed by atoms with Crippen LogP contribution in [-0.4, -0.2) is 30.6 Å². The largest absolute Gasteiger partial charge is 0.372 e. The van der Waals surface area contributed by atoms with Gasteiger partial charge in [0.1, 0.15) is 0 Å². The van der Waals surface area contributed by atoms with Gasteiger partial charge in [-0.2, -0.15) is 0 Å². The molecule has 1 fully saturated rings. The number of pyridine rings is 1. The van der Waals surface area contributed by atoms with Crippen molar-refractivity contribution in [3.8, 4) is 0 Å². The monoisotopic (exact) mass is 529 g/mol. The van der Waals surface area contributed by atoms with Gasteiger partial charge in [-0.25, -0.2) is 4.99 Å². The van der Waals surface area contributed by atoms with Crippen molar-refractivity contribution in [2.75, 3.05) is 24.5 Å². The summed E-state index contributed by atoms with van der Waals surface area (Å²) in [6, 6.07) is 19.4. The van der Waals surface area contributed by atoms with Crippen molar-refractivity contribution >= 4 is 46.4 Å². The molecule has 31 heavy (non-hydrogen) atoms. The maximum absolute atomic E-state index is 4.82. The molecule has 1 atom stereocenters. The third kappa shape index (κ3) is 5.87. The van der Waals surface area contributed by atoms with E-state index in [1.165, 1.54) is 29.5 Å². The highest BCUT2D eigenvalue weighted by Crippen LogP contribution is 2.24. The molecule has 1 aliphatic rings. The Balaban J connectivity index is 0.00000272. The van der Waals surface area contributed by atoms with Crippen molar-refractivity contribution in [1.82, 2.24) is 15.6 Å². The van der Waals surface area contributed by atoms with Gasteiger partial charge in [0.05, 0.1) is 18.3 Å². The fourth-order valence-corrected chi connectivity index (χ4v) is 4.04. The van der Waals surface area contributed by atoms with Gasteiger partial charge in [0.25, 0.3) is 0 Å². The van der Waals surface area contributed by atoms with Crippen LogP contribution in [-0.2, 0) is 6.54 Å². The van der Waals surface area contributed by atoms with Crippen molar-refractivity contribution in [2.45, 2.75) is 39.3 Å². The SMILES string of the molecule is CCNC(=NCc1nccc2ccccc12)NC(C)c1cccc(N2CCCC2)c1.I. The van der Waals surface area contributed by atoms with E-state index in [-0.39, 0.29) is 30.0 Å². The van der Waals surface area contributed by atoms with Crippen molar-refractivity contribution in [3.05, 3.63) is 72.1 Å². The number of fused-ring (bicyclic) bond motifs is 1. The lowest BCUT2D eigenvalue weighted by Crippen LogP contribution is -2.38. The number of benzene rings is 2. The lowest BCUT2D eigenvalue weighted by atomic mass is 10.1. The van der Waals surface area contributed by atoms with Gasteiger partial charge in [-0.1, -0.05) is 36.4 Å². The molecule has 0 spiro atoms. The maximum atomic E-state index is 4.82. The zero-order valence-electron chi connectivity index (χ0n) is 18.3. The summed E-state index contributed by atoms with van der Waals surface area (Å²) in [5, 5.41) is 9.29. The Labute approximate surface area is 202 Å². The molecule has 0 radical (unpaired) electrons. The summed E-state index contributed by atoms with van der Waals surface area (Å²) in [6.07, 6.45) is 4.44. The smallest absolute Gasteiger partial charge is 0.192 e. The minimum absolute atomic E-state index is 0. The van der Waals surface area contributed by atoms with E-state index in [0.717, 1.165) is 36.7 Å². The van der Waals surface area contributed by atoms with Crippen LogP contribution in [0.15, 0.2) is 65.8 Å². The number of aromatic nitrogens is 1. The van der Waals surface area contributed by atoms with E-state index >= 15 is 0 Å². The first-order valence-electron chi connectivity index (χ1n) is 11.0. The number of nitrogens with one attached hydrogen (secondary N) is 2. The van der Waals surface area contributed by atoms with Gasteiger partial charge >= 0.3 is 0 Å². The number of halogens is 1. The van der Waals surface area contributed by atoms with E-state index < -0.39 is 0 Å². The number of guanidine groups is 1. The molecule has 164 valence electrons. The second-order valence-corrected chi connectivity index (χ2v) is 7.83. The predicted molar refractivity (Wildman–Crippen MR) is 141 cm³/mol. The number of aliphatic imine (C=N–C) groups is 1. The van der Waals surface area contributed by atoms with Gasteiger partial charge in [-0.05, 0) is 55.8 Å². The molecule has 2 aromatic carbocycles. The van der Waals surface area contributed by atoms with Crippen LogP contribution in [0.25, 0.3) is 10.8 Å². The molecule has 1 aliphatic heterocycles. The highest BCUT2D eigenvalue weighted by Gasteiger charge is 2.14. The van der Waals surface area contributed by atoms with Crippen LogP contribution < -0.4 is 15.5 Å². The van der Waals surface area contributed by atoms with Gasteiger partial charge in [0, 0.05) is 36.9 Å². The molecule has 2 heterocycles. The molecule has 3 aromatic rings. The Morgan fingerprint density at radius 2 is 1.90 bits per heavy atom.